The van der Waals surface area contributed by atoms with Gasteiger partial charge in [-0.3, -0.25) is 4.79 Å². The lowest BCUT2D eigenvalue weighted by Crippen LogP contribution is -2.36. The van der Waals surface area contributed by atoms with E-state index in [1.165, 1.54) is 25.1 Å². The molecule has 6 nitrogen and oxygen atoms in total. The lowest BCUT2D eigenvalue weighted by Gasteiger charge is -2.28. The van der Waals surface area contributed by atoms with Gasteiger partial charge in [0.15, 0.2) is 6.10 Å². The molecule has 1 saturated heterocycles. The maximum atomic E-state index is 13.1. The molecule has 3 rings (SSSR count). The van der Waals surface area contributed by atoms with Crippen molar-refractivity contribution in [1.29, 1.82) is 0 Å². The highest BCUT2D eigenvalue weighted by Gasteiger charge is 2.17. The van der Waals surface area contributed by atoms with Gasteiger partial charge in [0.05, 0.1) is 13.2 Å². The normalized spacial score (nSPS) is 15.2. The van der Waals surface area contributed by atoms with Crippen molar-refractivity contribution in [3.8, 4) is 0 Å². The molecule has 1 heterocycles. The van der Waals surface area contributed by atoms with Gasteiger partial charge in [-0.2, -0.15) is 0 Å². The zero-order valence-electron chi connectivity index (χ0n) is 16.1. The SMILES string of the molecule is C[C@H](OC(=O)/C=C/c1cccc(F)c1)C(=O)Nc1ccc(N2CCOCC2)cc1. The van der Waals surface area contributed by atoms with Crippen molar-refractivity contribution in [2.75, 3.05) is 36.5 Å². The van der Waals surface area contributed by atoms with Crippen LogP contribution >= 0.6 is 0 Å². The van der Waals surface area contributed by atoms with Gasteiger partial charge in [0, 0.05) is 30.5 Å². The Morgan fingerprint density at radius 3 is 2.59 bits per heavy atom. The highest BCUT2D eigenvalue weighted by Crippen LogP contribution is 2.19. The number of carbonyl (C=O) groups excluding carboxylic acids is 2. The van der Waals surface area contributed by atoms with Gasteiger partial charge >= 0.3 is 5.97 Å². The van der Waals surface area contributed by atoms with Crippen LogP contribution in [-0.2, 0) is 19.1 Å². The number of amides is 1. The Balaban J connectivity index is 1.50. The first-order chi connectivity index (χ1) is 14.0. The Morgan fingerprint density at radius 1 is 1.17 bits per heavy atom. The highest BCUT2D eigenvalue weighted by molar-refractivity contribution is 5.96. The summed E-state index contributed by atoms with van der Waals surface area (Å²) in [6.07, 6.45) is 1.62. The number of ether oxygens (including phenoxy) is 2. The number of benzene rings is 2. The summed E-state index contributed by atoms with van der Waals surface area (Å²) in [5, 5.41) is 2.73. The average molecular weight is 398 g/mol. The number of morpholine rings is 1. The van der Waals surface area contributed by atoms with Crippen molar-refractivity contribution in [2.24, 2.45) is 0 Å². The van der Waals surface area contributed by atoms with Crippen molar-refractivity contribution in [3.63, 3.8) is 0 Å². The molecule has 0 aliphatic carbocycles. The molecular weight excluding hydrogens is 375 g/mol. The van der Waals surface area contributed by atoms with Crippen LogP contribution in [0.1, 0.15) is 12.5 Å². The first-order valence-electron chi connectivity index (χ1n) is 9.39. The van der Waals surface area contributed by atoms with E-state index in [0.29, 0.717) is 24.5 Å². The highest BCUT2D eigenvalue weighted by atomic mass is 19.1. The van der Waals surface area contributed by atoms with Crippen molar-refractivity contribution in [1.82, 2.24) is 0 Å². The van der Waals surface area contributed by atoms with Gasteiger partial charge in [-0.05, 0) is 55.0 Å². The third kappa shape index (κ3) is 6.15. The molecule has 29 heavy (non-hydrogen) atoms. The average Bonchev–Trinajstić information content (AvgIpc) is 2.73. The van der Waals surface area contributed by atoms with Crippen LogP contribution in [0.5, 0.6) is 0 Å². The van der Waals surface area contributed by atoms with Gasteiger partial charge < -0.3 is 19.7 Å². The lowest BCUT2D eigenvalue weighted by molar-refractivity contribution is -0.148. The van der Waals surface area contributed by atoms with E-state index in [0.717, 1.165) is 24.9 Å². The van der Waals surface area contributed by atoms with Gasteiger partial charge in [0.25, 0.3) is 5.91 Å². The van der Waals surface area contributed by atoms with Gasteiger partial charge in [0.2, 0.25) is 0 Å². The molecule has 1 aliphatic rings. The van der Waals surface area contributed by atoms with Crippen molar-refractivity contribution >= 4 is 29.3 Å². The number of nitrogens with one attached hydrogen (secondary N) is 1. The van der Waals surface area contributed by atoms with E-state index in [1.807, 2.05) is 12.1 Å². The molecule has 0 aromatic heterocycles. The number of anilines is 2. The molecule has 152 valence electrons. The molecule has 1 atom stereocenters. The maximum Gasteiger partial charge on any atom is 0.331 e. The minimum Gasteiger partial charge on any atom is -0.449 e. The van der Waals surface area contributed by atoms with Crippen LogP contribution in [0.25, 0.3) is 6.08 Å². The Labute approximate surface area is 168 Å². The quantitative estimate of drug-likeness (QED) is 0.598. The number of nitrogens with zero attached hydrogens (tertiary/aromatic N) is 1. The van der Waals surface area contributed by atoms with Crippen LogP contribution in [0.3, 0.4) is 0 Å². The molecule has 0 unspecified atom stereocenters. The summed E-state index contributed by atoms with van der Waals surface area (Å²) in [7, 11) is 0. The second-order valence-corrected chi connectivity index (χ2v) is 6.60. The fourth-order valence-corrected chi connectivity index (χ4v) is 2.86. The standard InChI is InChI=1S/C22H23FN2O4/c1-16(29-21(26)10-5-17-3-2-4-18(23)15-17)22(27)24-19-6-8-20(9-7-19)25-11-13-28-14-12-25/h2-10,15-16H,11-14H2,1H3,(H,24,27)/b10-5+/t16-/m0/s1. The lowest BCUT2D eigenvalue weighted by atomic mass is 10.2. The molecule has 0 saturated carbocycles. The molecule has 0 bridgehead atoms. The molecule has 2 aromatic rings. The predicted octanol–water partition coefficient (Wildman–Crippen LogP) is 3.25. The number of hydrogen-bond acceptors (Lipinski definition) is 5. The van der Waals surface area contributed by atoms with Crippen LogP contribution < -0.4 is 10.2 Å². The Bertz CT molecular complexity index is 877. The van der Waals surface area contributed by atoms with E-state index in [-0.39, 0.29) is 0 Å². The molecule has 1 aliphatic heterocycles. The topological polar surface area (TPSA) is 67.9 Å². The molecule has 0 radical (unpaired) electrons. The first-order valence-corrected chi connectivity index (χ1v) is 9.39. The van der Waals surface area contributed by atoms with E-state index in [2.05, 4.69) is 10.2 Å². The largest absolute Gasteiger partial charge is 0.449 e. The molecule has 1 N–H and O–H groups in total. The van der Waals surface area contributed by atoms with Crippen molar-refractivity contribution in [3.05, 3.63) is 66.0 Å². The maximum absolute atomic E-state index is 13.1. The Hall–Kier alpha value is -3.19. The summed E-state index contributed by atoms with van der Waals surface area (Å²) < 4.78 is 23.6. The monoisotopic (exact) mass is 398 g/mol. The van der Waals surface area contributed by atoms with Gasteiger partial charge in [-0.1, -0.05) is 12.1 Å². The van der Waals surface area contributed by atoms with Crippen LogP contribution in [0.15, 0.2) is 54.6 Å². The van der Waals surface area contributed by atoms with Crippen molar-refractivity contribution < 1.29 is 23.5 Å². The number of rotatable bonds is 6. The molecule has 2 aromatic carbocycles. The third-order valence-corrected chi connectivity index (χ3v) is 4.43. The van der Waals surface area contributed by atoms with E-state index >= 15 is 0 Å². The summed E-state index contributed by atoms with van der Waals surface area (Å²) in [6, 6.07) is 13.3. The van der Waals surface area contributed by atoms with Crippen LogP contribution in [-0.4, -0.2) is 44.3 Å². The zero-order chi connectivity index (χ0) is 20.6. The molecule has 7 heteroatoms. The summed E-state index contributed by atoms with van der Waals surface area (Å²) in [6.45, 7) is 4.57. The first kappa shape index (κ1) is 20.5. The number of halogens is 1. The minimum atomic E-state index is -0.974. The molecule has 1 fully saturated rings. The fourth-order valence-electron chi connectivity index (χ4n) is 2.86. The second kappa shape index (κ2) is 9.84. The summed E-state index contributed by atoms with van der Waals surface area (Å²) in [5.74, 6) is -1.51. The molecule has 0 spiro atoms. The predicted molar refractivity (Wildman–Crippen MR) is 109 cm³/mol. The van der Waals surface area contributed by atoms with Gasteiger partial charge in [-0.25, -0.2) is 9.18 Å². The summed E-state index contributed by atoms with van der Waals surface area (Å²) in [4.78, 5) is 26.4. The smallest absolute Gasteiger partial charge is 0.331 e. The van der Waals surface area contributed by atoms with E-state index < -0.39 is 23.8 Å². The second-order valence-electron chi connectivity index (χ2n) is 6.60. The van der Waals surface area contributed by atoms with Gasteiger partial charge in [-0.15, -0.1) is 0 Å². The Morgan fingerprint density at radius 2 is 1.90 bits per heavy atom. The Kier molecular flexibility index (Phi) is 6.97. The molecule has 1 amide bonds. The molecular formula is C22H23FN2O4. The van der Waals surface area contributed by atoms with E-state index in [1.54, 1.807) is 24.3 Å². The van der Waals surface area contributed by atoms with E-state index in [9.17, 15) is 14.0 Å². The number of carbonyl (C=O) groups is 2. The van der Waals surface area contributed by atoms with Crippen molar-refractivity contribution in [2.45, 2.75) is 13.0 Å². The van der Waals surface area contributed by atoms with Gasteiger partial charge in [0.1, 0.15) is 5.82 Å². The summed E-state index contributed by atoms with van der Waals surface area (Å²) >= 11 is 0. The van der Waals surface area contributed by atoms with E-state index in [4.69, 9.17) is 9.47 Å². The fraction of sp³-hybridized carbons (Fsp3) is 0.273. The zero-order valence-corrected chi connectivity index (χ0v) is 16.1. The van der Waals surface area contributed by atoms with Crippen LogP contribution in [0.4, 0.5) is 15.8 Å². The third-order valence-electron chi connectivity index (χ3n) is 4.43. The number of esters is 1. The van der Waals surface area contributed by atoms with Crippen LogP contribution in [0, 0.1) is 5.82 Å². The number of hydrogen-bond donors (Lipinski definition) is 1. The summed E-state index contributed by atoms with van der Waals surface area (Å²) in [5.41, 5.74) is 2.21. The minimum absolute atomic E-state index is 0.395. The van der Waals surface area contributed by atoms with Crippen LogP contribution in [0.2, 0.25) is 0 Å².